The molecule has 19 heavy (non-hydrogen) atoms. The van der Waals surface area contributed by atoms with E-state index in [0.29, 0.717) is 5.56 Å². The van der Waals surface area contributed by atoms with Crippen LogP contribution >= 0.6 is 0 Å². The first-order chi connectivity index (χ1) is 8.97. The maximum absolute atomic E-state index is 12.8. The van der Waals surface area contributed by atoms with Crippen molar-refractivity contribution in [2.45, 2.75) is 12.0 Å². The summed E-state index contributed by atoms with van der Waals surface area (Å²) in [5.74, 6) is -4.23. The van der Waals surface area contributed by atoms with Gasteiger partial charge >= 0.3 is 5.97 Å². The highest BCUT2D eigenvalue weighted by atomic mass is 19.1. The number of rotatable bonds is 4. The first-order valence-electron chi connectivity index (χ1n) is 5.48. The lowest BCUT2D eigenvalue weighted by Crippen LogP contribution is -2.21. The van der Waals surface area contributed by atoms with Crippen LogP contribution in [0.15, 0.2) is 24.3 Å². The minimum absolute atomic E-state index is 0.463. The first-order valence-corrected chi connectivity index (χ1v) is 5.48. The third-order valence-electron chi connectivity index (χ3n) is 3.17. The largest absolute Gasteiger partial charge is 0.463 e. The fraction of sp³-hybridized carbons (Fsp3) is 0.333. The molecular formula is C12H10FNO5. The van der Waals surface area contributed by atoms with Crippen LogP contribution in [0.25, 0.3) is 0 Å². The van der Waals surface area contributed by atoms with Crippen molar-refractivity contribution in [2.75, 3.05) is 7.11 Å². The van der Waals surface area contributed by atoms with Gasteiger partial charge in [-0.3, -0.25) is 14.9 Å². The van der Waals surface area contributed by atoms with E-state index in [4.69, 9.17) is 0 Å². The lowest BCUT2D eigenvalue weighted by atomic mass is 10.1. The second-order valence-electron chi connectivity index (χ2n) is 4.23. The Morgan fingerprint density at radius 2 is 1.89 bits per heavy atom. The van der Waals surface area contributed by atoms with Crippen molar-refractivity contribution in [3.63, 3.8) is 0 Å². The molecule has 1 aromatic rings. The number of hydrogen-bond donors (Lipinski definition) is 0. The van der Waals surface area contributed by atoms with Crippen LogP contribution in [0, 0.1) is 21.8 Å². The number of hydrogen-bond acceptors (Lipinski definition) is 5. The molecule has 1 aliphatic carbocycles. The van der Waals surface area contributed by atoms with Crippen molar-refractivity contribution in [1.82, 2.24) is 0 Å². The van der Waals surface area contributed by atoms with E-state index in [-0.39, 0.29) is 0 Å². The summed E-state index contributed by atoms with van der Waals surface area (Å²) >= 11 is 0. The number of carbonyl (C=O) groups excluding carboxylic acids is 2. The van der Waals surface area contributed by atoms with Gasteiger partial charge in [0.25, 0.3) is 5.78 Å². The number of carbonyl (C=O) groups is 2. The van der Waals surface area contributed by atoms with E-state index in [2.05, 4.69) is 4.74 Å². The quantitative estimate of drug-likeness (QED) is 0.350. The number of nitro groups is 1. The van der Waals surface area contributed by atoms with Crippen molar-refractivity contribution in [3.05, 3.63) is 45.8 Å². The molecule has 0 aliphatic heterocycles. The van der Waals surface area contributed by atoms with Crippen LogP contribution in [0.3, 0.4) is 0 Å². The minimum Gasteiger partial charge on any atom is -0.463 e. The van der Waals surface area contributed by atoms with Gasteiger partial charge in [-0.15, -0.1) is 0 Å². The Balaban J connectivity index is 2.25. The molecular weight excluding hydrogens is 257 g/mol. The Labute approximate surface area is 107 Å². The van der Waals surface area contributed by atoms with Crippen LogP contribution in [-0.2, 0) is 14.3 Å². The van der Waals surface area contributed by atoms with E-state index < -0.39 is 40.4 Å². The molecule has 0 amide bonds. The monoisotopic (exact) mass is 267 g/mol. The zero-order chi connectivity index (χ0) is 14.2. The molecule has 2 rings (SSSR count). The highest BCUT2D eigenvalue weighted by Gasteiger charge is 2.66. The molecule has 1 aromatic carbocycles. The summed E-state index contributed by atoms with van der Waals surface area (Å²) in [5.41, 5.74) is 0.463. The van der Waals surface area contributed by atoms with Crippen molar-refractivity contribution < 1.29 is 23.6 Å². The molecule has 0 aromatic heterocycles. The molecule has 1 saturated carbocycles. The number of benzene rings is 1. The highest BCUT2D eigenvalue weighted by Crippen LogP contribution is 2.50. The molecule has 100 valence electrons. The number of Topliss-reactive ketones (excluding diaryl/α,β-unsaturated/α-hetero) is 1. The molecule has 1 aliphatic rings. The van der Waals surface area contributed by atoms with Crippen molar-refractivity contribution in [2.24, 2.45) is 5.92 Å². The predicted octanol–water partition coefficient (Wildman–Crippen LogP) is 0.926. The molecule has 6 nitrogen and oxygen atoms in total. The van der Waals surface area contributed by atoms with Gasteiger partial charge in [0.15, 0.2) is 0 Å². The van der Waals surface area contributed by atoms with Crippen molar-refractivity contribution >= 4 is 11.8 Å². The van der Waals surface area contributed by atoms with Crippen LogP contribution in [0.4, 0.5) is 4.39 Å². The third-order valence-corrected chi connectivity index (χ3v) is 3.17. The minimum atomic E-state index is -1.16. The fourth-order valence-corrected chi connectivity index (χ4v) is 2.20. The van der Waals surface area contributed by atoms with Gasteiger partial charge in [-0.2, -0.15) is 0 Å². The van der Waals surface area contributed by atoms with E-state index in [1.807, 2.05) is 0 Å². The Hall–Kier alpha value is -2.31. The Kier molecular flexibility index (Phi) is 3.28. The van der Waals surface area contributed by atoms with Gasteiger partial charge in [0, 0.05) is 4.92 Å². The topological polar surface area (TPSA) is 86.5 Å². The summed E-state index contributed by atoms with van der Waals surface area (Å²) < 4.78 is 17.1. The molecule has 0 N–H and O–H groups in total. The summed E-state index contributed by atoms with van der Waals surface area (Å²) in [6.45, 7) is 0. The molecule has 7 heteroatoms. The van der Waals surface area contributed by atoms with Crippen molar-refractivity contribution in [3.8, 4) is 0 Å². The van der Waals surface area contributed by atoms with Gasteiger partial charge in [-0.1, -0.05) is 12.1 Å². The number of ketones is 1. The molecule has 0 radical (unpaired) electrons. The number of ether oxygens (including phenoxy) is 1. The Morgan fingerprint density at radius 3 is 2.37 bits per heavy atom. The first kappa shape index (κ1) is 13.1. The van der Waals surface area contributed by atoms with E-state index >= 15 is 0 Å². The van der Waals surface area contributed by atoms with Gasteiger partial charge in [0.1, 0.15) is 11.7 Å². The van der Waals surface area contributed by atoms with Gasteiger partial charge < -0.3 is 4.74 Å². The fourth-order valence-electron chi connectivity index (χ4n) is 2.20. The SMILES string of the molecule is COC(=O)C(=O)[C@@H]1[C@H](c2ccc(F)cc2)[C@H]1[N+](=O)[O-]. The van der Waals surface area contributed by atoms with E-state index in [9.17, 15) is 24.1 Å². The zero-order valence-electron chi connectivity index (χ0n) is 9.91. The average molecular weight is 267 g/mol. The number of methoxy groups -OCH3 is 1. The Morgan fingerprint density at radius 1 is 1.32 bits per heavy atom. The van der Waals surface area contributed by atoms with Gasteiger partial charge in [-0.25, -0.2) is 9.18 Å². The smallest absolute Gasteiger partial charge is 0.374 e. The number of nitrogens with zero attached hydrogens (tertiary/aromatic N) is 1. The van der Waals surface area contributed by atoms with Crippen LogP contribution in [0.2, 0.25) is 0 Å². The molecule has 3 atom stereocenters. The van der Waals surface area contributed by atoms with Crippen molar-refractivity contribution in [1.29, 1.82) is 0 Å². The van der Waals surface area contributed by atoms with E-state index in [1.165, 1.54) is 12.1 Å². The van der Waals surface area contributed by atoms with E-state index in [1.54, 1.807) is 0 Å². The maximum Gasteiger partial charge on any atom is 0.374 e. The maximum atomic E-state index is 12.8. The Bertz CT molecular complexity index is 542. The summed E-state index contributed by atoms with van der Waals surface area (Å²) in [5, 5.41) is 10.9. The summed E-state index contributed by atoms with van der Waals surface area (Å²) in [6, 6.07) is 3.91. The van der Waals surface area contributed by atoms with Gasteiger partial charge in [0.05, 0.1) is 13.0 Å². The summed E-state index contributed by atoms with van der Waals surface area (Å²) in [7, 11) is 1.04. The standard InChI is InChI=1S/C12H10FNO5/c1-19-12(16)11(15)9-8(10(9)14(17)18)6-2-4-7(13)5-3-6/h2-5,8-10H,1H3/t8-,9+,10+/m0/s1. The van der Waals surface area contributed by atoms with E-state index in [0.717, 1.165) is 19.2 Å². The highest BCUT2D eigenvalue weighted by molar-refractivity contribution is 6.35. The van der Waals surface area contributed by atoms with Crippen LogP contribution < -0.4 is 0 Å². The van der Waals surface area contributed by atoms with Crippen LogP contribution in [0.5, 0.6) is 0 Å². The van der Waals surface area contributed by atoms with Gasteiger partial charge in [0.2, 0.25) is 6.04 Å². The van der Waals surface area contributed by atoms with Crippen LogP contribution in [-0.4, -0.2) is 29.8 Å². The molecule has 0 bridgehead atoms. The van der Waals surface area contributed by atoms with Gasteiger partial charge in [-0.05, 0) is 17.7 Å². The number of halogens is 1. The molecule has 0 spiro atoms. The third kappa shape index (κ3) is 2.31. The lowest BCUT2D eigenvalue weighted by Gasteiger charge is -1.97. The second-order valence-corrected chi connectivity index (χ2v) is 4.23. The molecule has 0 heterocycles. The molecule has 0 saturated heterocycles. The summed E-state index contributed by atoms with van der Waals surface area (Å²) in [4.78, 5) is 33.1. The molecule has 0 unspecified atom stereocenters. The number of esters is 1. The van der Waals surface area contributed by atoms with Crippen LogP contribution in [0.1, 0.15) is 11.5 Å². The predicted molar refractivity (Wildman–Crippen MR) is 60.4 cm³/mol. The summed E-state index contributed by atoms with van der Waals surface area (Å²) in [6.07, 6.45) is 0. The second kappa shape index (κ2) is 4.75. The normalized spacial score (nSPS) is 24.6. The average Bonchev–Trinajstić information content (AvgIpc) is 3.13. The lowest BCUT2D eigenvalue weighted by molar-refractivity contribution is -0.498. The zero-order valence-corrected chi connectivity index (χ0v) is 9.91. The molecule has 1 fully saturated rings.